The second-order valence-corrected chi connectivity index (χ2v) is 5.22. The molecule has 24 heavy (non-hydrogen) atoms. The minimum atomic E-state index is -0.156. The van der Waals surface area contributed by atoms with Gasteiger partial charge in [0.15, 0.2) is 6.61 Å². The Hall–Kier alpha value is -3.00. The summed E-state index contributed by atoms with van der Waals surface area (Å²) in [5.74, 6) is 1.08. The first-order valence-corrected chi connectivity index (χ1v) is 7.71. The van der Waals surface area contributed by atoms with E-state index in [0.29, 0.717) is 24.5 Å². The molecule has 0 atom stereocenters. The van der Waals surface area contributed by atoms with Gasteiger partial charge in [0, 0.05) is 13.6 Å². The van der Waals surface area contributed by atoms with Gasteiger partial charge in [0.05, 0.1) is 12.2 Å². The number of amides is 1. The molecule has 0 aliphatic heterocycles. The van der Waals surface area contributed by atoms with Gasteiger partial charge in [-0.2, -0.15) is 5.26 Å². The van der Waals surface area contributed by atoms with Crippen LogP contribution in [0.5, 0.6) is 11.5 Å². The molecule has 2 aromatic carbocycles. The zero-order chi connectivity index (χ0) is 17.4. The summed E-state index contributed by atoms with van der Waals surface area (Å²) in [6.45, 7) is 2.94. The lowest BCUT2D eigenvalue weighted by atomic mass is 10.2. The van der Waals surface area contributed by atoms with Gasteiger partial charge >= 0.3 is 0 Å². The van der Waals surface area contributed by atoms with Crippen LogP contribution in [0.1, 0.15) is 18.1 Å². The predicted molar refractivity (Wildman–Crippen MR) is 90.7 cm³/mol. The van der Waals surface area contributed by atoms with Crippen molar-refractivity contribution in [1.29, 1.82) is 5.26 Å². The number of carbonyl (C=O) groups is 1. The molecule has 0 spiro atoms. The Balaban J connectivity index is 1.89. The molecule has 0 aromatic heterocycles. The molecule has 0 aliphatic carbocycles. The van der Waals surface area contributed by atoms with Crippen LogP contribution < -0.4 is 9.47 Å². The van der Waals surface area contributed by atoms with Gasteiger partial charge in [0.25, 0.3) is 5.91 Å². The highest BCUT2D eigenvalue weighted by molar-refractivity contribution is 5.77. The van der Waals surface area contributed by atoms with Gasteiger partial charge in [0.1, 0.15) is 17.6 Å². The van der Waals surface area contributed by atoms with Crippen LogP contribution in [0.2, 0.25) is 0 Å². The second kappa shape index (κ2) is 8.59. The number of likely N-dealkylation sites (N-methyl/N-ethyl adjacent to an activating group) is 1. The summed E-state index contributed by atoms with van der Waals surface area (Å²) >= 11 is 0. The Bertz CT molecular complexity index is 720. The van der Waals surface area contributed by atoms with Crippen LogP contribution in [0, 0.1) is 11.3 Å². The van der Waals surface area contributed by atoms with E-state index in [1.807, 2.05) is 37.3 Å². The fraction of sp³-hybridized carbons (Fsp3) is 0.263. The molecule has 1 amide bonds. The van der Waals surface area contributed by atoms with Crippen molar-refractivity contribution in [2.24, 2.45) is 0 Å². The topological polar surface area (TPSA) is 62.6 Å². The quantitative estimate of drug-likeness (QED) is 0.785. The van der Waals surface area contributed by atoms with Crippen molar-refractivity contribution in [2.75, 3.05) is 20.3 Å². The molecule has 5 nitrogen and oxygen atoms in total. The molecule has 0 heterocycles. The third kappa shape index (κ3) is 4.75. The van der Waals surface area contributed by atoms with Crippen molar-refractivity contribution in [3.63, 3.8) is 0 Å². The number of rotatable bonds is 7. The Morgan fingerprint density at radius 2 is 1.83 bits per heavy atom. The van der Waals surface area contributed by atoms with Crippen LogP contribution in [-0.4, -0.2) is 31.1 Å². The summed E-state index contributed by atoms with van der Waals surface area (Å²) in [5.41, 5.74) is 1.42. The lowest BCUT2D eigenvalue weighted by molar-refractivity contribution is -0.132. The van der Waals surface area contributed by atoms with Crippen LogP contribution in [0.15, 0.2) is 48.5 Å². The molecule has 124 valence electrons. The summed E-state index contributed by atoms with van der Waals surface area (Å²) in [4.78, 5) is 13.8. The van der Waals surface area contributed by atoms with E-state index < -0.39 is 0 Å². The molecule has 0 fully saturated rings. The third-order valence-corrected chi connectivity index (χ3v) is 3.44. The van der Waals surface area contributed by atoms with Crippen molar-refractivity contribution in [3.8, 4) is 17.6 Å². The van der Waals surface area contributed by atoms with E-state index in [1.165, 1.54) is 0 Å². The summed E-state index contributed by atoms with van der Waals surface area (Å²) in [7, 11) is 1.72. The van der Waals surface area contributed by atoms with E-state index in [0.717, 1.165) is 11.3 Å². The molecular weight excluding hydrogens is 304 g/mol. The molecule has 0 aliphatic rings. The molecule has 5 heteroatoms. The predicted octanol–water partition coefficient (Wildman–Crippen LogP) is 2.99. The first kappa shape index (κ1) is 17.4. The molecule has 0 saturated heterocycles. The smallest absolute Gasteiger partial charge is 0.260 e. The number of hydrogen-bond acceptors (Lipinski definition) is 4. The summed E-state index contributed by atoms with van der Waals surface area (Å²) in [5, 5.41) is 9.01. The molecule has 0 saturated carbocycles. The van der Waals surface area contributed by atoms with E-state index in [-0.39, 0.29) is 12.5 Å². The second-order valence-electron chi connectivity index (χ2n) is 5.22. The highest BCUT2D eigenvalue weighted by Crippen LogP contribution is 2.17. The summed E-state index contributed by atoms with van der Waals surface area (Å²) in [6, 6.07) is 16.5. The number of nitriles is 1. The molecular formula is C19H20N2O3. The number of nitrogens with zero attached hydrogens (tertiary/aromatic N) is 2. The first-order chi connectivity index (χ1) is 11.6. The lowest BCUT2D eigenvalue weighted by Gasteiger charge is -2.18. The van der Waals surface area contributed by atoms with Crippen LogP contribution in [-0.2, 0) is 11.3 Å². The van der Waals surface area contributed by atoms with Gasteiger partial charge in [-0.3, -0.25) is 4.79 Å². The van der Waals surface area contributed by atoms with Gasteiger partial charge < -0.3 is 14.4 Å². The van der Waals surface area contributed by atoms with Crippen molar-refractivity contribution in [2.45, 2.75) is 13.5 Å². The van der Waals surface area contributed by atoms with Crippen LogP contribution in [0.4, 0.5) is 0 Å². The SMILES string of the molecule is CCOc1ccc(CN(C)C(=O)COc2ccccc2C#N)cc1. The van der Waals surface area contributed by atoms with Crippen molar-refractivity contribution >= 4 is 5.91 Å². The fourth-order valence-electron chi connectivity index (χ4n) is 2.15. The summed E-state index contributed by atoms with van der Waals surface area (Å²) in [6.07, 6.45) is 0. The highest BCUT2D eigenvalue weighted by Gasteiger charge is 2.11. The monoisotopic (exact) mass is 324 g/mol. The molecule has 0 bridgehead atoms. The average Bonchev–Trinajstić information content (AvgIpc) is 2.61. The van der Waals surface area contributed by atoms with Crippen molar-refractivity contribution in [3.05, 3.63) is 59.7 Å². The van der Waals surface area contributed by atoms with Gasteiger partial charge in [-0.25, -0.2) is 0 Å². The Morgan fingerprint density at radius 3 is 2.50 bits per heavy atom. The highest BCUT2D eigenvalue weighted by atomic mass is 16.5. The average molecular weight is 324 g/mol. The van der Waals surface area contributed by atoms with Crippen molar-refractivity contribution < 1.29 is 14.3 Å². The molecule has 0 N–H and O–H groups in total. The van der Waals surface area contributed by atoms with Gasteiger partial charge in [0.2, 0.25) is 0 Å². The maximum absolute atomic E-state index is 12.2. The van der Waals surface area contributed by atoms with Crippen LogP contribution >= 0.6 is 0 Å². The normalized spacial score (nSPS) is 9.88. The molecule has 0 radical (unpaired) electrons. The molecule has 2 rings (SSSR count). The maximum atomic E-state index is 12.2. The number of benzene rings is 2. The maximum Gasteiger partial charge on any atom is 0.260 e. The minimum absolute atomic E-state index is 0.105. The number of para-hydroxylation sites is 1. The van der Waals surface area contributed by atoms with E-state index in [4.69, 9.17) is 14.7 Å². The Labute approximate surface area is 142 Å². The minimum Gasteiger partial charge on any atom is -0.494 e. The van der Waals surface area contributed by atoms with Crippen molar-refractivity contribution in [1.82, 2.24) is 4.90 Å². The number of carbonyl (C=O) groups excluding carboxylic acids is 1. The Kier molecular flexibility index (Phi) is 6.21. The van der Waals surface area contributed by atoms with E-state index in [2.05, 4.69) is 0 Å². The molecule has 2 aromatic rings. The van der Waals surface area contributed by atoms with E-state index >= 15 is 0 Å². The van der Waals surface area contributed by atoms with E-state index in [1.54, 1.807) is 36.2 Å². The first-order valence-electron chi connectivity index (χ1n) is 7.71. The van der Waals surface area contributed by atoms with E-state index in [9.17, 15) is 4.79 Å². The standard InChI is InChI=1S/C19H20N2O3/c1-3-23-17-10-8-15(9-11-17)13-21(2)19(22)14-24-18-7-5-4-6-16(18)12-20/h4-11H,3,13-14H2,1-2H3. The Morgan fingerprint density at radius 1 is 1.12 bits per heavy atom. The largest absolute Gasteiger partial charge is 0.494 e. The molecule has 0 unspecified atom stereocenters. The lowest BCUT2D eigenvalue weighted by Crippen LogP contribution is -2.31. The van der Waals surface area contributed by atoms with Crippen LogP contribution in [0.3, 0.4) is 0 Å². The fourth-order valence-corrected chi connectivity index (χ4v) is 2.15. The van der Waals surface area contributed by atoms with Gasteiger partial charge in [-0.1, -0.05) is 24.3 Å². The van der Waals surface area contributed by atoms with Gasteiger partial charge in [-0.15, -0.1) is 0 Å². The zero-order valence-electron chi connectivity index (χ0n) is 13.9. The summed E-state index contributed by atoms with van der Waals surface area (Å²) < 4.78 is 10.9. The number of ether oxygens (including phenoxy) is 2. The third-order valence-electron chi connectivity index (χ3n) is 3.44. The van der Waals surface area contributed by atoms with Gasteiger partial charge in [-0.05, 0) is 36.8 Å². The van der Waals surface area contributed by atoms with Crippen LogP contribution in [0.25, 0.3) is 0 Å². The zero-order valence-corrected chi connectivity index (χ0v) is 13.9. The number of hydrogen-bond donors (Lipinski definition) is 0.